The highest BCUT2D eigenvalue weighted by Crippen LogP contribution is 2.32. The van der Waals surface area contributed by atoms with Crippen LogP contribution in [0.15, 0.2) is 15.9 Å². The van der Waals surface area contributed by atoms with Crippen LogP contribution in [0, 0.1) is 0 Å². The maximum absolute atomic E-state index is 5.96. The van der Waals surface area contributed by atoms with E-state index in [1.165, 1.54) is 4.88 Å². The first kappa shape index (κ1) is 13.2. The summed E-state index contributed by atoms with van der Waals surface area (Å²) < 4.78 is 7.05. The van der Waals surface area contributed by atoms with Gasteiger partial charge in [-0.3, -0.25) is 0 Å². The zero-order valence-electron chi connectivity index (χ0n) is 9.58. The van der Waals surface area contributed by atoms with Gasteiger partial charge in [-0.15, -0.1) is 11.3 Å². The molecule has 15 heavy (non-hydrogen) atoms. The molecule has 86 valence electrons. The van der Waals surface area contributed by atoms with E-state index in [2.05, 4.69) is 27.4 Å². The van der Waals surface area contributed by atoms with Gasteiger partial charge >= 0.3 is 0 Å². The number of rotatable bonds is 3. The highest BCUT2D eigenvalue weighted by molar-refractivity contribution is 9.10. The van der Waals surface area contributed by atoms with Crippen molar-refractivity contribution in [2.75, 3.05) is 0 Å². The zero-order valence-corrected chi connectivity index (χ0v) is 12.0. The van der Waals surface area contributed by atoms with Crippen molar-refractivity contribution < 1.29 is 4.74 Å². The van der Waals surface area contributed by atoms with E-state index < -0.39 is 0 Å². The van der Waals surface area contributed by atoms with Gasteiger partial charge in [0.1, 0.15) is 6.10 Å². The summed E-state index contributed by atoms with van der Waals surface area (Å²) in [5, 5.41) is 2.05. The molecule has 2 unspecified atom stereocenters. The number of hydrogen-bond donors (Lipinski definition) is 1. The first-order valence-electron chi connectivity index (χ1n) is 4.97. The van der Waals surface area contributed by atoms with Crippen LogP contribution in [0.1, 0.15) is 38.7 Å². The quantitative estimate of drug-likeness (QED) is 0.921. The van der Waals surface area contributed by atoms with Crippen LogP contribution < -0.4 is 5.73 Å². The topological polar surface area (TPSA) is 35.2 Å². The van der Waals surface area contributed by atoms with Gasteiger partial charge < -0.3 is 10.5 Å². The third kappa shape index (κ3) is 4.23. The number of hydrogen-bond acceptors (Lipinski definition) is 3. The molecule has 0 aliphatic heterocycles. The van der Waals surface area contributed by atoms with E-state index in [0.29, 0.717) is 0 Å². The molecular weight excluding hydrogens is 274 g/mol. The van der Waals surface area contributed by atoms with E-state index in [-0.39, 0.29) is 17.7 Å². The summed E-state index contributed by atoms with van der Waals surface area (Å²) in [5.41, 5.74) is 5.78. The van der Waals surface area contributed by atoms with Gasteiger partial charge in [0.05, 0.1) is 5.60 Å². The third-order valence-electron chi connectivity index (χ3n) is 1.83. The Morgan fingerprint density at radius 2 is 2.07 bits per heavy atom. The molecule has 0 fully saturated rings. The van der Waals surface area contributed by atoms with Gasteiger partial charge in [-0.05, 0) is 49.7 Å². The van der Waals surface area contributed by atoms with Crippen LogP contribution >= 0.6 is 27.3 Å². The fourth-order valence-corrected chi connectivity index (χ4v) is 2.87. The monoisotopic (exact) mass is 291 g/mol. The number of ether oxygens (including phenoxy) is 1. The maximum Gasteiger partial charge on any atom is 0.107 e. The van der Waals surface area contributed by atoms with Gasteiger partial charge in [-0.1, -0.05) is 0 Å². The summed E-state index contributed by atoms with van der Waals surface area (Å²) >= 11 is 5.12. The number of thiophene rings is 1. The molecule has 1 aromatic heterocycles. The van der Waals surface area contributed by atoms with Crippen molar-refractivity contribution in [1.82, 2.24) is 0 Å². The zero-order chi connectivity index (χ0) is 11.6. The van der Waals surface area contributed by atoms with Gasteiger partial charge in [0.2, 0.25) is 0 Å². The molecule has 0 aromatic carbocycles. The Hall–Kier alpha value is 0.1000. The number of halogens is 1. The second-order valence-electron chi connectivity index (χ2n) is 4.68. The summed E-state index contributed by atoms with van der Waals surface area (Å²) in [6.45, 7) is 8.12. The lowest BCUT2D eigenvalue weighted by atomic mass is 10.1. The molecule has 2 nitrogen and oxygen atoms in total. The van der Waals surface area contributed by atoms with Crippen molar-refractivity contribution in [3.63, 3.8) is 0 Å². The van der Waals surface area contributed by atoms with E-state index in [4.69, 9.17) is 10.5 Å². The van der Waals surface area contributed by atoms with Crippen molar-refractivity contribution in [1.29, 1.82) is 0 Å². The first-order valence-corrected chi connectivity index (χ1v) is 6.64. The van der Waals surface area contributed by atoms with Crippen LogP contribution in [0.25, 0.3) is 0 Å². The second kappa shape index (κ2) is 4.95. The van der Waals surface area contributed by atoms with Crippen LogP contribution in [-0.2, 0) is 4.74 Å². The Labute approximate surface area is 104 Å². The molecule has 1 rings (SSSR count). The third-order valence-corrected chi connectivity index (χ3v) is 3.58. The molecule has 0 saturated carbocycles. The lowest BCUT2D eigenvalue weighted by Crippen LogP contribution is -2.32. The lowest BCUT2D eigenvalue weighted by Gasteiger charge is -2.29. The normalized spacial score (nSPS) is 16.4. The van der Waals surface area contributed by atoms with Gasteiger partial charge in [0.15, 0.2) is 0 Å². The molecule has 0 spiro atoms. The van der Waals surface area contributed by atoms with Crippen LogP contribution in [-0.4, -0.2) is 11.6 Å². The van der Waals surface area contributed by atoms with Gasteiger partial charge in [0, 0.05) is 20.8 Å². The minimum Gasteiger partial charge on any atom is -0.365 e. The largest absolute Gasteiger partial charge is 0.365 e. The van der Waals surface area contributed by atoms with E-state index >= 15 is 0 Å². The maximum atomic E-state index is 5.96. The summed E-state index contributed by atoms with van der Waals surface area (Å²) in [6.07, 6.45) is -0.0266. The fraction of sp³-hybridized carbons (Fsp3) is 0.636. The summed E-state index contributed by atoms with van der Waals surface area (Å²) in [6, 6.07) is 2.07. The molecule has 0 bridgehead atoms. The van der Waals surface area contributed by atoms with Crippen molar-refractivity contribution in [3.8, 4) is 0 Å². The molecule has 4 heteroatoms. The molecule has 0 radical (unpaired) electrons. The second-order valence-corrected chi connectivity index (χ2v) is 6.54. The van der Waals surface area contributed by atoms with Crippen LogP contribution in [0.3, 0.4) is 0 Å². The van der Waals surface area contributed by atoms with Crippen molar-refractivity contribution in [3.05, 3.63) is 20.8 Å². The fourth-order valence-electron chi connectivity index (χ4n) is 1.28. The van der Waals surface area contributed by atoms with Crippen molar-refractivity contribution >= 4 is 27.3 Å². The average molecular weight is 292 g/mol. The van der Waals surface area contributed by atoms with Gasteiger partial charge in [-0.25, -0.2) is 0 Å². The molecule has 1 aromatic rings. The first-order chi connectivity index (χ1) is 6.79. The molecule has 0 aliphatic rings. The molecule has 2 atom stereocenters. The SMILES string of the molecule is CC(N)C(OC(C)(C)C)c1cc(Br)cs1. The molecule has 1 heterocycles. The van der Waals surface area contributed by atoms with Crippen molar-refractivity contribution in [2.45, 2.75) is 45.4 Å². The molecular formula is C11H18BrNOS. The smallest absolute Gasteiger partial charge is 0.107 e. The van der Waals surface area contributed by atoms with Crippen LogP contribution in [0.2, 0.25) is 0 Å². The Balaban J connectivity index is 2.84. The van der Waals surface area contributed by atoms with Crippen molar-refractivity contribution in [2.24, 2.45) is 5.73 Å². The predicted octanol–water partition coefficient (Wildman–Crippen LogP) is 3.71. The van der Waals surface area contributed by atoms with E-state index in [1.54, 1.807) is 11.3 Å². The van der Waals surface area contributed by atoms with E-state index in [1.807, 2.05) is 27.7 Å². The molecule has 2 N–H and O–H groups in total. The lowest BCUT2D eigenvalue weighted by molar-refractivity contribution is -0.0685. The molecule has 0 amide bonds. The Morgan fingerprint density at radius 1 is 1.47 bits per heavy atom. The predicted molar refractivity (Wildman–Crippen MR) is 69.2 cm³/mol. The van der Waals surface area contributed by atoms with E-state index in [0.717, 1.165) is 4.47 Å². The minimum absolute atomic E-state index is 0.00484. The Bertz CT molecular complexity index is 317. The van der Waals surface area contributed by atoms with Gasteiger partial charge in [-0.2, -0.15) is 0 Å². The average Bonchev–Trinajstić information content (AvgIpc) is 2.45. The molecule has 0 aliphatic carbocycles. The standard InChI is InChI=1S/C11H18BrNOS/c1-7(13)10(14-11(2,3)4)9-5-8(12)6-15-9/h5-7,10H,13H2,1-4H3. The summed E-state index contributed by atoms with van der Waals surface area (Å²) in [5.74, 6) is 0. The highest BCUT2D eigenvalue weighted by Gasteiger charge is 2.24. The summed E-state index contributed by atoms with van der Waals surface area (Å²) in [7, 11) is 0. The highest BCUT2D eigenvalue weighted by atomic mass is 79.9. The van der Waals surface area contributed by atoms with Crippen LogP contribution in [0.4, 0.5) is 0 Å². The Morgan fingerprint density at radius 3 is 2.40 bits per heavy atom. The molecule has 0 saturated heterocycles. The van der Waals surface area contributed by atoms with Crippen LogP contribution in [0.5, 0.6) is 0 Å². The summed E-state index contributed by atoms with van der Waals surface area (Å²) in [4.78, 5) is 1.17. The Kier molecular flexibility index (Phi) is 4.35. The van der Waals surface area contributed by atoms with Gasteiger partial charge in [0.25, 0.3) is 0 Å². The minimum atomic E-state index is -0.172. The number of nitrogens with two attached hydrogens (primary N) is 1. The van der Waals surface area contributed by atoms with E-state index in [9.17, 15) is 0 Å².